The molecule has 0 unspecified atom stereocenters. The van der Waals surface area contributed by atoms with Gasteiger partial charge in [0.1, 0.15) is 0 Å². The van der Waals surface area contributed by atoms with Crippen molar-refractivity contribution in [2.24, 2.45) is 0 Å². The number of hydrogen-bond acceptors (Lipinski definition) is 4. The molecule has 0 amide bonds. The van der Waals surface area contributed by atoms with Gasteiger partial charge < -0.3 is 5.32 Å². The van der Waals surface area contributed by atoms with Crippen LogP contribution in [0, 0.1) is 5.82 Å². The summed E-state index contributed by atoms with van der Waals surface area (Å²) in [6, 6.07) is 7.75. The minimum absolute atomic E-state index is 0.405. The van der Waals surface area contributed by atoms with Crippen molar-refractivity contribution in [3.05, 3.63) is 53.5 Å². The second kappa shape index (κ2) is 5.42. The van der Waals surface area contributed by atoms with Gasteiger partial charge in [-0.25, -0.2) is 9.37 Å². The molecule has 1 aromatic heterocycles. The molecule has 2 N–H and O–H groups in total. The van der Waals surface area contributed by atoms with Gasteiger partial charge in [0.2, 0.25) is 5.03 Å². The second-order valence-corrected chi connectivity index (χ2v) is 6.40. The van der Waals surface area contributed by atoms with Crippen LogP contribution in [0.2, 0.25) is 0 Å². The van der Waals surface area contributed by atoms with E-state index in [1.165, 1.54) is 17.8 Å². The molecular formula is C14H14FN3O2S. The van der Waals surface area contributed by atoms with Gasteiger partial charge in [-0.2, -0.15) is 8.42 Å². The van der Waals surface area contributed by atoms with Crippen LogP contribution in [0.5, 0.6) is 0 Å². The first-order chi connectivity index (χ1) is 10.1. The Morgan fingerprint density at radius 3 is 2.90 bits per heavy atom. The molecule has 0 saturated carbocycles. The summed E-state index contributed by atoms with van der Waals surface area (Å²) in [4.78, 5) is 3.60. The van der Waals surface area contributed by atoms with Crippen LogP contribution in [0.3, 0.4) is 0 Å². The number of nitrogens with zero attached hydrogens (tertiary/aromatic N) is 1. The average molecular weight is 307 g/mol. The lowest BCUT2D eigenvalue weighted by atomic mass is 10.0. The highest BCUT2D eigenvalue weighted by atomic mass is 32.2. The number of anilines is 1. The van der Waals surface area contributed by atoms with Crippen LogP contribution < -0.4 is 10.0 Å². The van der Waals surface area contributed by atoms with Gasteiger partial charge in [0.15, 0.2) is 5.82 Å². The summed E-state index contributed by atoms with van der Waals surface area (Å²) in [5, 5.41) is 2.63. The maximum Gasteiger partial charge on any atom is 0.282 e. The van der Waals surface area contributed by atoms with Gasteiger partial charge in [-0.05, 0) is 48.4 Å². The average Bonchev–Trinajstić information content (AvgIpc) is 2.47. The van der Waals surface area contributed by atoms with Crippen molar-refractivity contribution in [3.63, 3.8) is 0 Å². The second-order valence-electron chi connectivity index (χ2n) is 4.81. The molecule has 1 aliphatic rings. The zero-order chi connectivity index (χ0) is 14.9. The Bertz CT molecular complexity index is 778. The molecule has 0 bridgehead atoms. The van der Waals surface area contributed by atoms with E-state index in [2.05, 4.69) is 15.0 Å². The van der Waals surface area contributed by atoms with E-state index in [1.807, 2.05) is 6.07 Å². The van der Waals surface area contributed by atoms with E-state index in [9.17, 15) is 12.8 Å². The number of nitrogens with one attached hydrogen (secondary N) is 2. The van der Waals surface area contributed by atoms with Crippen molar-refractivity contribution in [3.8, 4) is 0 Å². The number of fused-ring (bicyclic) bond motifs is 1. The van der Waals surface area contributed by atoms with Crippen molar-refractivity contribution in [1.82, 2.24) is 10.3 Å². The van der Waals surface area contributed by atoms with Crippen LogP contribution >= 0.6 is 0 Å². The molecule has 0 atom stereocenters. The molecule has 0 saturated heterocycles. The Hall–Kier alpha value is -1.99. The van der Waals surface area contributed by atoms with E-state index in [0.29, 0.717) is 12.2 Å². The highest BCUT2D eigenvalue weighted by Gasteiger charge is 2.21. The highest BCUT2D eigenvalue weighted by Crippen LogP contribution is 2.21. The molecule has 0 aliphatic carbocycles. The van der Waals surface area contributed by atoms with Gasteiger partial charge in [0.05, 0.1) is 0 Å². The van der Waals surface area contributed by atoms with Gasteiger partial charge in [-0.1, -0.05) is 6.07 Å². The van der Waals surface area contributed by atoms with E-state index in [4.69, 9.17) is 0 Å². The Morgan fingerprint density at radius 2 is 2.10 bits per heavy atom. The van der Waals surface area contributed by atoms with Crippen molar-refractivity contribution < 1.29 is 12.8 Å². The number of hydrogen-bond donors (Lipinski definition) is 2. The molecule has 3 rings (SSSR count). The first kappa shape index (κ1) is 14.0. The summed E-state index contributed by atoms with van der Waals surface area (Å²) in [5.41, 5.74) is 2.64. The van der Waals surface area contributed by atoms with Crippen molar-refractivity contribution in [2.75, 3.05) is 11.3 Å². The van der Waals surface area contributed by atoms with Crippen molar-refractivity contribution >= 4 is 15.7 Å². The van der Waals surface area contributed by atoms with Gasteiger partial charge in [-0.3, -0.25) is 4.72 Å². The quantitative estimate of drug-likeness (QED) is 0.905. The Kier molecular flexibility index (Phi) is 3.60. The molecular weight excluding hydrogens is 293 g/mol. The fraction of sp³-hybridized carbons (Fsp3) is 0.214. The number of sulfonamides is 1. The molecule has 21 heavy (non-hydrogen) atoms. The van der Waals surface area contributed by atoms with Crippen LogP contribution in [0.4, 0.5) is 10.1 Å². The number of benzene rings is 1. The Morgan fingerprint density at radius 1 is 1.24 bits per heavy atom. The van der Waals surface area contributed by atoms with Crippen LogP contribution in [-0.4, -0.2) is 19.9 Å². The van der Waals surface area contributed by atoms with Crippen LogP contribution in [0.1, 0.15) is 11.1 Å². The minimum Gasteiger partial charge on any atom is -0.312 e. The molecule has 7 heteroatoms. The van der Waals surface area contributed by atoms with Crippen LogP contribution in [0.15, 0.2) is 41.6 Å². The van der Waals surface area contributed by atoms with Crippen LogP contribution in [-0.2, 0) is 23.0 Å². The van der Waals surface area contributed by atoms with Gasteiger partial charge in [-0.15, -0.1) is 0 Å². The number of halogens is 1. The third kappa shape index (κ3) is 2.88. The van der Waals surface area contributed by atoms with Crippen LogP contribution in [0.25, 0.3) is 0 Å². The molecule has 2 aromatic rings. The first-order valence-corrected chi connectivity index (χ1v) is 8.00. The number of rotatable bonds is 3. The lowest BCUT2D eigenvalue weighted by Gasteiger charge is -2.18. The van der Waals surface area contributed by atoms with E-state index in [1.54, 1.807) is 12.1 Å². The maximum absolute atomic E-state index is 13.6. The standard InChI is InChI=1S/C14H14FN3O2S/c15-13-2-1-6-17-14(13)21(19,20)18-12-4-3-10-5-7-16-9-11(10)8-12/h1-4,6,8,16,18H,5,7,9H2. The van der Waals surface area contributed by atoms with Crippen molar-refractivity contribution in [2.45, 2.75) is 18.0 Å². The summed E-state index contributed by atoms with van der Waals surface area (Å²) in [5.74, 6) is -0.871. The largest absolute Gasteiger partial charge is 0.312 e. The number of aromatic nitrogens is 1. The molecule has 1 aromatic carbocycles. The molecule has 1 aliphatic heterocycles. The zero-order valence-electron chi connectivity index (χ0n) is 11.1. The molecule has 2 heterocycles. The fourth-order valence-electron chi connectivity index (χ4n) is 2.32. The summed E-state index contributed by atoms with van der Waals surface area (Å²) in [7, 11) is -4.03. The lowest BCUT2D eigenvalue weighted by Crippen LogP contribution is -2.24. The van der Waals surface area contributed by atoms with E-state index < -0.39 is 20.9 Å². The topological polar surface area (TPSA) is 71.1 Å². The summed E-state index contributed by atoms with van der Waals surface area (Å²) in [6.07, 6.45) is 2.16. The predicted molar refractivity (Wildman–Crippen MR) is 76.9 cm³/mol. The van der Waals surface area contributed by atoms with Gasteiger partial charge in [0.25, 0.3) is 10.0 Å². The van der Waals surface area contributed by atoms with E-state index in [-0.39, 0.29) is 0 Å². The third-order valence-electron chi connectivity index (χ3n) is 3.32. The zero-order valence-corrected chi connectivity index (χ0v) is 12.0. The minimum atomic E-state index is -4.03. The predicted octanol–water partition coefficient (Wildman–Crippen LogP) is 1.67. The Labute approximate surface area is 122 Å². The molecule has 0 fully saturated rings. The monoisotopic (exact) mass is 307 g/mol. The summed E-state index contributed by atoms with van der Waals surface area (Å²) in [6.45, 7) is 1.61. The summed E-state index contributed by atoms with van der Waals surface area (Å²) >= 11 is 0. The smallest absolute Gasteiger partial charge is 0.282 e. The molecule has 110 valence electrons. The van der Waals surface area contributed by atoms with Gasteiger partial charge >= 0.3 is 0 Å². The van der Waals surface area contributed by atoms with E-state index in [0.717, 1.165) is 24.6 Å². The highest BCUT2D eigenvalue weighted by molar-refractivity contribution is 7.92. The lowest BCUT2D eigenvalue weighted by molar-refractivity contribution is 0.557. The van der Waals surface area contributed by atoms with Gasteiger partial charge in [0, 0.05) is 18.4 Å². The Balaban J connectivity index is 1.91. The third-order valence-corrected chi connectivity index (χ3v) is 4.64. The molecule has 5 nitrogen and oxygen atoms in total. The SMILES string of the molecule is O=S(=O)(Nc1ccc2c(c1)CNCC2)c1ncccc1F. The van der Waals surface area contributed by atoms with Crippen molar-refractivity contribution in [1.29, 1.82) is 0 Å². The summed E-state index contributed by atoms with van der Waals surface area (Å²) < 4.78 is 40.3. The number of pyridine rings is 1. The van der Waals surface area contributed by atoms with E-state index >= 15 is 0 Å². The fourth-order valence-corrected chi connectivity index (χ4v) is 3.37. The molecule has 0 spiro atoms. The first-order valence-electron chi connectivity index (χ1n) is 6.52. The molecule has 0 radical (unpaired) electrons. The normalized spacial score (nSPS) is 14.5. The maximum atomic E-state index is 13.6.